The van der Waals surface area contributed by atoms with Crippen LogP contribution in [0.1, 0.15) is 148 Å². The third-order valence-electron chi connectivity index (χ3n) is 7.03. The SMILES string of the molecule is CCCCCCCCCCCCCCCCCCCCCCC=CCC(=O)Oc1ccc(S(=O)(=O)O)cc1. The number of carbonyl (C=O) groups is 1. The summed E-state index contributed by atoms with van der Waals surface area (Å²) < 4.78 is 36.2. The first kappa shape index (κ1) is 34.4. The van der Waals surface area contributed by atoms with Crippen molar-refractivity contribution in [2.75, 3.05) is 0 Å². The molecule has 0 saturated carbocycles. The zero-order valence-electron chi connectivity index (χ0n) is 24.0. The molecule has 1 aromatic carbocycles. The van der Waals surface area contributed by atoms with E-state index in [0.717, 1.165) is 12.8 Å². The lowest BCUT2D eigenvalue weighted by Crippen LogP contribution is -2.06. The number of unbranched alkanes of at least 4 members (excludes halogenated alkanes) is 20. The molecule has 0 aromatic heterocycles. The first-order valence-electron chi connectivity index (χ1n) is 15.4. The van der Waals surface area contributed by atoms with Crippen LogP contribution in [0.2, 0.25) is 0 Å². The molecule has 0 heterocycles. The molecule has 218 valence electrons. The largest absolute Gasteiger partial charge is 0.426 e. The highest BCUT2D eigenvalue weighted by molar-refractivity contribution is 7.85. The number of hydrogen-bond donors (Lipinski definition) is 1. The Balaban J connectivity index is 1.83. The fourth-order valence-electron chi connectivity index (χ4n) is 4.67. The highest BCUT2D eigenvalue weighted by Gasteiger charge is 2.10. The summed E-state index contributed by atoms with van der Waals surface area (Å²) in [6.45, 7) is 2.28. The van der Waals surface area contributed by atoms with Crippen molar-refractivity contribution in [1.82, 2.24) is 0 Å². The minimum Gasteiger partial charge on any atom is -0.426 e. The van der Waals surface area contributed by atoms with E-state index in [1.54, 1.807) is 0 Å². The topological polar surface area (TPSA) is 80.7 Å². The Labute approximate surface area is 233 Å². The van der Waals surface area contributed by atoms with Crippen molar-refractivity contribution < 1.29 is 22.5 Å². The summed E-state index contributed by atoms with van der Waals surface area (Å²) in [6, 6.07) is 5.11. The molecular formula is C32H54O5S. The molecule has 0 aliphatic heterocycles. The molecule has 1 rings (SSSR count). The fourth-order valence-corrected chi connectivity index (χ4v) is 5.15. The first-order chi connectivity index (χ1) is 18.4. The van der Waals surface area contributed by atoms with Gasteiger partial charge in [-0.25, -0.2) is 0 Å². The van der Waals surface area contributed by atoms with Crippen LogP contribution in [0.3, 0.4) is 0 Å². The molecule has 0 spiro atoms. The smallest absolute Gasteiger partial charge is 0.315 e. The van der Waals surface area contributed by atoms with Gasteiger partial charge < -0.3 is 4.74 Å². The second-order valence-corrected chi connectivity index (χ2v) is 12.0. The molecule has 1 N–H and O–H groups in total. The van der Waals surface area contributed by atoms with Crippen molar-refractivity contribution >= 4 is 16.1 Å². The molecule has 0 amide bonds. The van der Waals surface area contributed by atoms with Crippen LogP contribution in [0.25, 0.3) is 0 Å². The van der Waals surface area contributed by atoms with Crippen LogP contribution in [0.4, 0.5) is 0 Å². The van der Waals surface area contributed by atoms with E-state index in [1.165, 1.54) is 146 Å². The number of benzene rings is 1. The molecule has 38 heavy (non-hydrogen) atoms. The van der Waals surface area contributed by atoms with E-state index in [0.29, 0.717) is 0 Å². The Hall–Kier alpha value is -1.66. The quantitative estimate of drug-likeness (QED) is 0.0430. The zero-order chi connectivity index (χ0) is 27.7. The first-order valence-corrected chi connectivity index (χ1v) is 16.8. The number of allylic oxidation sites excluding steroid dienone is 1. The summed E-state index contributed by atoms with van der Waals surface area (Å²) in [5.41, 5.74) is 0. The van der Waals surface area contributed by atoms with Crippen LogP contribution in [-0.4, -0.2) is 18.9 Å². The van der Waals surface area contributed by atoms with E-state index < -0.39 is 16.1 Å². The van der Waals surface area contributed by atoms with E-state index in [9.17, 15) is 13.2 Å². The summed E-state index contributed by atoms with van der Waals surface area (Å²) in [5, 5.41) is 0. The van der Waals surface area contributed by atoms with E-state index >= 15 is 0 Å². The van der Waals surface area contributed by atoms with Crippen molar-refractivity contribution in [2.45, 2.75) is 153 Å². The minimum atomic E-state index is -4.24. The van der Waals surface area contributed by atoms with Gasteiger partial charge in [-0.1, -0.05) is 141 Å². The molecule has 0 unspecified atom stereocenters. The summed E-state index contributed by atoms with van der Waals surface area (Å²) >= 11 is 0. The molecular weight excluding hydrogens is 496 g/mol. The normalized spacial score (nSPS) is 11.8. The van der Waals surface area contributed by atoms with Gasteiger partial charge in [0.15, 0.2) is 0 Å². The van der Waals surface area contributed by atoms with Crippen LogP contribution < -0.4 is 4.74 Å². The average molecular weight is 551 g/mol. The van der Waals surface area contributed by atoms with E-state index in [-0.39, 0.29) is 17.1 Å². The van der Waals surface area contributed by atoms with Crippen LogP contribution >= 0.6 is 0 Å². The zero-order valence-corrected chi connectivity index (χ0v) is 24.8. The third kappa shape index (κ3) is 20.3. The Kier molecular flexibility index (Phi) is 21.0. The number of rotatable bonds is 25. The van der Waals surface area contributed by atoms with Gasteiger partial charge in [0.2, 0.25) is 0 Å². The van der Waals surface area contributed by atoms with Gasteiger partial charge in [-0.2, -0.15) is 8.42 Å². The number of esters is 1. The van der Waals surface area contributed by atoms with Gasteiger partial charge in [-0.15, -0.1) is 0 Å². The van der Waals surface area contributed by atoms with Crippen LogP contribution in [0.15, 0.2) is 41.3 Å². The van der Waals surface area contributed by atoms with Gasteiger partial charge in [0, 0.05) is 0 Å². The van der Waals surface area contributed by atoms with Crippen LogP contribution in [0.5, 0.6) is 5.75 Å². The lowest BCUT2D eigenvalue weighted by atomic mass is 10.0. The molecule has 0 atom stereocenters. The molecule has 6 heteroatoms. The number of hydrogen-bond acceptors (Lipinski definition) is 4. The summed E-state index contributed by atoms with van der Waals surface area (Å²) in [6.07, 6.45) is 32.6. The molecule has 0 saturated heterocycles. The number of ether oxygens (including phenoxy) is 1. The molecule has 5 nitrogen and oxygen atoms in total. The molecule has 0 bridgehead atoms. The Morgan fingerprint density at radius 1 is 0.658 bits per heavy atom. The summed E-state index contributed by atoms with van der Waals surface area (Å²) in [5.74, 6) is -0.144. The predicted molar refractivity (Wildman–Crippen MR) is 158 cm³/mol. The highest BCUT2D eigenvalue weighted by Crippen LogP contribution is 2.17. The molecule has 0 aliphatic carbocycles. The molecule has 0 radical (unpaired) electrons. The second kappa shape index (κ2) is 23.2. The maximum Gasteiger partial charge on any atom is 0.315 e. The lowest BCUT2D eigenvalue weighted by Gasteiger charge is -2.04. The van der Waals surface area contributed by atoms with E-state index in [2.05, 4.69) is 6.92 Å². The molecule has 0 aliphatic rings. The van der Waals surface area contributed by atoms with Gasteiger partial charge in [0.05, 0.1) is 11.3 Å². The summed E-state index contributed by atoms with van der Waals surface area (Å²) in [4.78, 5) is 11.6. The minimum absolute atomic E-state index is 0.180. The van der Waals surface area contributed by atoms with Gasteiger partial charge in [0.25, 0.3) is 10.1 Å². The fraction of sp³-hybridized carbons (Fsp3) is 0.719. The monoisotopic (exact) mass is 550 g/mol. The van der Waals surface area contributed by atoms with Crippen molar-refractivity contribution in [3.05, 3.63) is 36.4 Å². The van der Waals surface area contributed by atoms with Gasteiger partial charge >= 0.3 is 5.97 Å². The highest BCUT2D eigenvalue weighted by atomic mass is 32.2. The Morgan fingerprint density at radius 3 is 1.45 bits per heavy atom. The molecule has 0 fully saturated rings. The van der Waals surface area contributed by atoms with Crippen LogP contribution in [0, 0.1) is 0 Å². The van der Waals surface area contributed by atoms with Crippen molar-refractivity contribution in [2.24, 2.45) is 0 Å². The maximum atomic E-state index is 11.9. The van der Waals surface area contributed by atoms with E-state index in [4.69, 9.17) is 9.29 Å². The van der Waals surface area contributed by atoms with Crippen molar-refractivity contribution in [1.29, 1.82) is 0 Å². The Morgan fingerprint density at radius 2 is 1.05 bits per heavy atom. The lowest BCUT2D eigenvalue weighted by molar-refractivity contribution is -0.133. The average Bonchev–Trinajstić information content (AvgIpc) is 2.89. The van der Waals surface area contributed by atoms with Crippen molar-refractivity contribution in [3.63, 3.8) is 0 Å². The van der Waals surface area contributed by atoms with Crippen molar-refractivity contribution in [3.8, 4) is 5.75 Å². The summed E-state index contributed by atoms with van der Waals surface area (Å²) in [7, 11) is -4.24. The standard InChI is InChI=1S/C32H54O5S/c1-2-3-4-5-6-7-8-9-10-11-12-13-14-15-16-17-18-19-20-21-22-23-24-25-32(33)37-30-26-28-31(29-27-30)38(34,35)36/h23-24,26-29H,2-22,25H2,1H3,(H,34,35,36). The van der Waals surface area contributed by atoms with Crippen LogP contribution in [-0.2, 0) is 14.9 Å². The van der Waals surface area contributed by atoms with E-state index in [1.807, 2.05) is 12.2 Å². The Bertz CT molecular complexity index is 830. The molecule has 1 aromatic rings. The van der Waals surface area contributed by atoms with Gasteiger partial charge in [-0.3, -0.25) is 9.35 Å². The van der Waals surface area contributed by atoms with Gasteiger partial charge in [0.1, 0.15) is 5.75 Å². The number of carbonyl (C=O) groups excluding carboxylic acids is 1. The second-order valence-electron chi connectivity index (χ2n) is 10.6. The van der Waals surface area contributed by atoms with Gasteiger partial charge in [-0.05, 0) is 37.1 Å². The predicted octanol–water partition coefficient (Wildman–Crippen LogP) is 10.00. The maximum absolute atomic E-state index is 11.9. The third-order valence-corrected chi connectivity index (χ3v) is 7.90.